The van der Waals surface area contributed by atoms with Gasteiger partial charge in [-0.2, -0.15) is 0 Å². The molecule has 2 aliphatic rings. The van der Waals surface area contributed by atoms with Crippen LogP contribution in [0.4, 0.5) is 0 Å². The molecule has 1 amide bonds. The van der Waals surface area contributed by atoms with Crippen LogP contribution in [-0.4, -0.2) is 34.5 Å². The van der Waals surface area contributed by atoms with E-state index in [-0.39, 0.29) is 18.6 Å². The van der Waals surface area contributed by atoms with Gasteiger partial charge in [-0.3, -0.25) is 4.79 Å². The first-order valence-corrected chi connectivity index (χ1v) is 9.44. The predicted octanol–water partition coefficient (Wildman–Crippen LogP) is 3.71. The fourth-order valence-corrected chi connectivity index (χ4v) is 4.37. The molecule has 0 aromatic heterocycles. The van der Waals surface area contributed by atoms with E-state index in [9.17, 15) is 14.7 Å². The number of hydrogen-bond donors (Lipinski definition) is 1. The zero-order chi connectivity index (χ0) is 19.0. The van der Waals surface area contributed by atoms with Crippen LogP contribution in [-0.2, 0) is 16.0 Å². The standard InChI is InChI=1S/C21H20ClNO4/c22-16-7-3-2-6-15(16)17-9-10-18(21(25)26)23(17)20(24)14-11-13-5-1-4-8-19(13)27-12-14/h1-8,14,17-18H,9-12H2,(H,25,26)/t14?,17-,18+/m1/s1. The molecule has 1 fully saturated rings. The highest BCUT2D eigenvalue weighted by Gasteiger charge is 2.44. The van der Waals surface area contributed by atoms with Gasteiger partial charge in [0.05, 0.1) is 12.0 Å². The number of ether oxygens (including phenoxy) is 1. The molecule has 3 atom stereocenters. The number of amides is 1. The number of benzene rings is 2. The van der Waals surface area contributed by atoms with Crippen molar-refractivity contribution in [1.82, 2.24) is 4.90 Å². The molecule has 5 nitrogen and oxygen atoms in total. The summed E-state index contributed by atoms with van der Waals surface area (Å²) in [7, 11) is 0. The van der Waals surface area contributed by atoms with Crippen molar-refractivity contribution in [3.05, 3.63) is 64.7 Å². The number of likely N-dealkylation sites (tertiary alicyclic amines) is 1. The number of rotatable bonds is 3. The van der Waals surface area contributed by atoms with E-state index < -0.39 is 17.9 Å². The summed E-state index contributed by atoms with van der Waals surface area (Å²) >= 11 is 6.34. The van der Waals surface area contributed by atoms with Gasteiger partial charge in [0.25, 0.3) is 0 Å². The van der Waals surface area contributed by atoms with E-state index in [1.165, 1.54) is 4.90 Å². The summed E-state index contributed by atoms with van der Waals surface area (Å²) in [6, 6.07) is 13.8. The smallest absolute Gasteiger partial charge is 0.326 e. The fourth-order valence-electron chi connectivity index (χ4n) is 4.11. The first-order valence-electron chi connectivity index (χ1n) is 9.06. The van der Waals surface area contributed by atoms with Gasteiger partial charge in [-0.1, -0.05) is 48.0 Å². The fraction of sp³-hybridized carbons (Fsp3) is 0.333. The zero-order valence-electron chi connectivity index (χ0n) is 14.7. The van der Waals surface area contributed by atoms with E-state index in [0.717, 1.165) is 16.9 Å². The normalized spacial score (nSPS) is 24.2. The predicted molar refractivity (Wildman–Crippen MR) is 101 cm³/mol. The van der Waals surface area contributed by atoms with Gasteiger partial charge in [0, 0.05) is 5.02 Å². The summed E-state index contributed by atoms with van der Waals surface area (Å²) < 4.78 is 5.76. The summed E-state index contributed by atoms with van der Waals surface area (Å²) in [6.07, 6.45) is 1.55. The van der Waals surface area contributed by atoms with Crippen molar-refractivity contribution >= 4 is 23.5 Å². The Morgan fingerprint density at radius 1 is 1.07 bits per heavy atom. The van der Waals surface area contributed by atoms with E-state index >= 15 is 0 Å². The molecule has 2 heterocycles. The van der Waals surface area contributed by atoms with Crippen LogP contribution in [0.2, 0.25) is 5.02 Å². The summed E-state index contributed by atoms with van der Waals surface area (Å²) in [4.78, 5) is 26.7. The van der Waals surface area contributed by atoms with Gasteiger partial charge in [-0.25, -0.2) is 4.79 Å². The summed E-state index contributed by atoms with van der Waals surface area (Å²) in [5.74, 6) is -0.764. The number of hydrogen-bond acceptors (Lipinski definition) is 3. The van der Waals surface area contributed by atoms with Crippen LogP contribution in [0.15, 0.2) is 48.5 Å². The second-order valence-corrected chi connectivity index (χ2v) is 7.44. The zero-order valence-corrected chi connectivity index (χ0v) is 15.4. The van der Waals surface area contributed by atoms with Gasteiger partial charge in [0.15, 0.2) is 0 Å². The van der Waals surface area contributed by atoms with Crippen LogP contribution >= 0.6 is 11.6 Å². The second kappa shape index (κ2) is 7.24. The molecule has 4 rings (SSSR count). The van der Waals surface area contributed by atoms with Gasteiger partial charge in [0.1, 0.15) is 18.4 Å². The highest BCUT2D eigenvalue weighted by atomic mass is 35.5. The number of para-hydroxylation sites is 1. The Morgan fingerprint density at radius 2 is 1.81 bits per heavy atom. The van der Waals surface area contributed by atoms with Crippen molar-refractivity contribution in [3.8, 4) is 5.75 Å². The van der Waals surface area contributed by atoms with Gasteiger partial charge in [-0.05, 0) is 42.5 Å². The SMILES string of the molecule is O=C(O)[C@@H]1CC[C@H](c2ccccc2Cl)N1C(=O)C1COc2ccccc2C1. The quantitative estimate of drug-likeness (QED) is 0.874. The summed E-state index contributed by atoms with van der Waals surface area (Å²) in [5, 5.41) is 10.2. The molecule has 1 N–H and O–H groups in total. The van der Waals surface area contributed by atoms with Crippen LogP contribution in [0.25, 0.3) is 0 Å². The van der Waals surface area contributed by atoms with Crippen LogP contribution in [0, 0.1) is 5.92 Å². The molecule has 2 aliphatic heterocycles. The lowest BCUT2D eigenvalue weighted by Crippen LogP contribution is -2.47. The molecule has 140 valence electrons. The van der Waals surface area contributed by atoms with Crippen molar-refractivity contribution in [2.75, 3.05) is 6.61 Å². The van der Waals surface area contributed by atoms with Crippen LogP contribution in [0.1, 0.15) is 30.0 Å². The Labute approximate surface area is 162 Å². The third kappa shape index (κ3) is 3.28. The molecule has 1 unspecified atom stereocenters. The molecule has 27 heavy (non-hydrogen) atoms. The lowest BCUT2D eigenvalue weighted by atomic mass is 9.94. The third-order valence-electron chi connectivity index (χ3n) is 5.42. The third-order valence-corrected chi connectivity index (χ3v) is 5.76. The minimum absolute atomic E-state index is 0.181. The molecule has 0 saturated carbocycles. The molecule has 2 aromatic carbocycles. The Balaban J connectivity index is 1.64. The van der Waals surface area contributed by atoms with E-state index in [4.69, 9.17) is 16.3 Å². The van der Waals surface area contributed by atoms with Crippen LogP contribution < -0.4 is 4.74 Å². The molecule has 0 radical (unpaired) electrons. The average molecular weight is 386 g/mol. The number of aliphatic carboxylic acids is 1. The number of carboxylic acid groups (broad SMARTS) is 1. The Kier molecular flexibility index (Phi) is 4.79. The number of fused-ring (bicyclic) bond motifs is 1. The Hall–Kier alpha value is -2.53. The minimum atomic E-state index is -0.977. The topological polar surface area (TPSA) is 66.8 Å². The van der Waals surface area contributed by atoms with Gasteiger partial charge < -0.3 is 14.7 Å². The molecule has 1 saturated heterocycles. The summed E-state index contributed by atoms with van der Waals surface area (Å²) in [5.41, 5.74) is 1.77. The van der Waals surface area contributed by atoms with Gasteiger partial charge >= 0.3 is 5.97 Å². The monoisotopic (exact) mass is 385 g/mol. The first kappa shape index (κ1) is 17.9. The molecule has 0 aliphatic carbocycles. The van der Waals surface area contributed by atoms with Crippen molar-refractivity contribution in [1.29, 1.82) is 0 Å². The van der Waals surface area contributed by atoms with E-state index in [1.54, 1.807) is 6.07 Å². The van der Waals surface area contributed by atoms with Crippen molar-refractivity contribution in [3.63, 3.8) is 0 Å². The van der Waals surface area contributed by atoms with E-state index in [0.29, 0.717) is 24.3 Å². The first-order chi connectivity index (χ1) is 13.1. The van der Waals surface area contributed by atoms with Crippen LogP contribution in [0.3, 0.4) is 0 Å². The second-order valence-electron chi connectivity index (χ2n) is 7.03. The lowest BCUT2D eigenvalue weighted by Gasteiger charge is -2.34. The van der Waals surface area contributed by atoms with Crippen molar-refractivity contribution < 1.29 is 19.4 Å². The van der Waals surface area contributed by atoms with Gasteiger partial charge in [-0.15, -0.1) is 0 Å². The molecule has 0 spiro atoms. The maximum Gasteiger partial charge on any atom is 0.326 e. The molecule has 6 heteroatoms. The largest absolute Gasteiger partial charge is 0.492 e. The van der Waals surface area contributed by atoms with Crippen LogP contribution in [0.5, 0.6) is 5.75 Å². The number of carbonyl (C=O) groups excluding carboxylic acids is 1. The maximum atomic E-state index is 13.4. The molecular weight excluding hydrogens is 366 g/mol. The maximum absolute atomic E-state index is 13.4. The molecule has 2 aromatic rings. The highest BCUT2D eigenvalue weighted by Crippen LogP contribution is 2.41. The summed E-state index contributed by atoms with van der Waals surface area (Å²) in [6.45, 7) is 0.258. The number of carbonyl (C=O) groups is 2. The number of halogens is 1. The Morgan fingerprint density at radius 3 is 2.59 bits per heavy atom. The van der Waals surface area contributed by atoms with Crippen molar-refractivity contribution in [2.45, 2.75) is 31.3 Å². The highest BCUT2D eigenvalue weighted by molar-refractivity contribution is 6.31. The number of carboxylic acids is 1. The molecule has 0 bridgehead atoms. The minimum Gasteiger partial charge on any atom is -0.492 e. The Bertz CT molecular complexity index is 884. The van der Waals surface area contributed by atoms with Gasteiger partial charge in [0.2, 0.25) is 5.91 Å². The average Bonchev–Trinajstić information content (AvgIpc) is 3.12. The lowest BCUT2D eigenvalue weighted by molar-refractivity contribution is -0.152. The van der Waals surface area contributed by atoms with E-state index in [1.807, 2.05) is 42.5 Å². The number of nitrogens with zero attached hydrogens (tertiary/aromatic N) is 1. The van der Waals surface area contributed by atoms with E-state index in [2.05, 4.69) is 0 Å². The van der Waals surface area contributed by atoms with Crippen molar-refractivity contribution in [2.24, 2.45) is 5.92 Å². The molecular formula is C21H20ClNO4.